The molecule has 1 aliphatic heterocycles. The molecule has 0 saturated carbocycles. The molecule has 5 nitrogen and oxygen atoms in total. The van der Waals surface area contributed by atoms with Crippen molar-refractivity contribution in [1.82, 2.24) is 10.2 Å². The first-order valence-electron chi connectivity index (χ1n) is 7.82. The molecule has 126 valence electrons. The van der Waals surface area contributed by atoms with Gasteiger partial charge in [0.15, 0.2) is 0 Å². The number of ether oxygens (including phenoxy) is 1. The molecular weight excluding hydrogens is 316 g/mol. The average Bonchev–Trinajstić information content (AvgIpc) is 2.52. The molecule has 2 unspecified atom stereocenters. The maximum atomic E-state index is 12.8. The second kappa shape index (κ2) is 7.79. The zero-order valence-electron chi connectivity index (χ0n) is 13.7. The molecule has 1 aliphatic rings. The lowest BCUT2D eigenvalue weighted by molar-refractivity contribution is -0.144. The highest BCUT2D eigenvalue weighted by molar-refractivity contribution is 6.31. The van der Waals surface area contributed by atoms with E-state index in [0.29, 0.717) is 24.7 Å². The Morgan fingerprint density at radius 2 is 2.04 bits per heavy atom. The third-order valence-corrected chi connectivity index (χ3v) is 4.27. The molecule has 1 aromatic carbocycles. The van der Waals surface area contributed by atoms with Gasteiger partial charge in [-0.3, -0.25) is 9.59 Å². The van der Waals surface area contributed by atoms with E-state index >= 15 is 0 Å². The predicted octanol–water partition coefficient (Wildman–Crippen LogP) is 2.40. The molecule has 0 aromatic heterocycles. The van der Waals surface area contributed by atoms with Gasteiger partial charge in [-0.25, -0.2) is 0 Å². The Kier molecular flexibility index (Phi) is 6.02. The molecule has 6 heteroatoms. The first-order chi connectivity index (χ1) is 10.9. The van der Waals surface area contributed by atoms with Crippen molar-refractivity contribution in [2.24, 2.45) is 5.92 Å². The lowest BCUT2D eigenvalue weighted by atomic mass is 10.0. The Hall–Kier alpha value is -1.59. The van der Waals surface area contributed by atoms with Crippen LogP contribution in [0.3, 0.4) is 0 Å². The number of carbonyl (C=O) groups is 2. The molecular formula is C17H23ClN2O3. The van der Waals surface area contributed by atoms with Gasteiger partial charge in [-0.05, 0) is 12.0 Å². The van der Waals surface area contributed by atoms with E-state index < -0.39 is 6.04 Å². The Morgan fingerprint density at radius 3 is 2.65 bits per heavy atom. The number of rotatable bonds is 4. The van der Waals surface area contributed by atoms with Gasteiger partial charge in [0.2, 0.25) is 11.8 Å². The Balaban J connectivity index is 2.12. The van der Waals surface area contributed by atoms with E-state index in [9.17, 15) is 9.59 Å². The van der Waals surface area contributed by atoms with Gasteiger partial charge in [-0.1, -0.05) is 43.6 Å². The first-order valence-corrected chi connectivity index (χ1v) is 8.20. The van der Waals surface area contributed by atoms with Crippen LogP contribution in [0.25, 0.3) is 0 Å². The first kappa shape index (κ1) is 17.8. The highest BCUT2D eigenvalue weighted by atomic mass is 35.5. The molecule has 0 radical (unpaired) electrons. The van der Waals surface area contributed by atoms with Crippen LogP contribution >= 0.6 is 11.6 Å². The summed E-state index contributed by atoms with van der Waals surface area (Å²) in [5.74, 6) is -0.253. The van der Waals surface area contributed by atoms with Crippen molar-refractivity contribution < 1.29 is 14.3 Å². The van der Waals surface area contributed by atoms with Gasteiger partial charge in [0, 0.05) is 24.1 Å². The molecule has 0 spiro atoms. The fourth-order valence-electron chi connectivity index (χ4n) is 2.70. The minimum absolute atomic E-state index is 0.0213. The van der Waals surface area contributed by atoms with Crippen molar-refractivity contribution >= 4 is 23.4 Å². The quantitative estimate of drug-likeness (QED) is 0.917. The molecule has 2 atom stereocenters. The molecule has 1 saturated heterocycles. The number of nitrogens with one attached hydrogen (secondary N) is 1. The molecule has 0 bridgehead atoms. The molecule has 1 N–H and O–H groups in total. The van der Waals surface area contributed by atoms with Crippen molar-refractivity contribution in [3.8, 4) is 0 Å². The fraction of sp³-hybridized carbons (Fsp3) is 0.529. The number of morpholine rings is 1. The highest BCUT2D eigenvalue weighted by Gasteiger charge is 2.32. The zero-order valence-corrected chi connectivity index (χ0v) is 14.5. The van der Waals surface area contributed by atoms with Crippen LogP contribution in [0.5, 0.6) is 0 Å². The van der Waals surface area contributed by atoms with E-state index in [2.05, 4.69) is 5.32 Å². The van der Waals surface area contributed by atoms with E-state index in [0.717, 1.165) is 5.56 Å². The number of hydrogen-bond donors (Lipinski definition) is 1. The summed E-state index contributed by atoms with van der Waals surface area (Å²) in [4.78, 5) is 25.9. The maximum absolute atomic E-state index is 12.8. The number of carbonyl (C=O) groups excluding carboxylic acids is 2. The monoisotopic (exact) mass is 338 g/mol. The zero-order chi connectivity index (χ0) is 17.0. The van der Waals surface area contributed by atoms with Crippen molar-refractivity contribution in [1.29, 1.82) is 0 Å². The predicted molar refractivity (Wildman–Crippen MR) is 89.2 cm³/mol. The van der Waals surface area contributed by atoms with Gasteiger partial charge in [0.1, 0.15) is 12.1 Å². The van der Waals surface area contributed by atoms with E-state index in [-0.39, 0.29) is 23.8 Å². The molecule has 2 amide bonds. The Morgan fingerprint density at radius 1 is 1.35 bits per heavy atom. The van der Waals surface area contributed by atoms with E-state index in [1.54, 1.807) is 4.90 Å². The second-order valence-corrected chi connectivity index (χ2v) is 6.49. The van der Waals surface area contributed by atoms with Crippen LogP contribution in [0.2, 0.25) is 5.02 Å². The lowest BCUT2D eigenvalue weighted by Gasteiger charge is -2.36. The summed E-state index contributed by atoms with van der Waals surface area (Å²) in [5.41, 5.74) is 0.882. The number of amides is 2. The molecule has 23 heavy (non-hydrogen) atoms. The van der Waals surface area contributed by atoms with Gasteiger partial charge in [-0.15, -0.1) is 0 Å². The van der Waals surface area contributed by atoms with Gasteiger partial charge < -0.3 is 15.0 Å². The summed E-state index contributed by atoms with van der Waals surface area (Å²) in [6.07, 6.45) is -0.244. The van der Waals surface area contributed by atoms with Crippen LogP contribution in [0.15, 0.2) is 24.3 Å². The van der Waals surface area contributed by atoms with Crippen LogP contribution in [-0.2, 0) is 14.3 Å². The molecule has 2 rings (SSSR count). The van der Waals surface area contributed by atoms with E-state index in [4.69, 9.17) is 16.3 Å². The van der Waals surface area contributed by atoms with Crippen LogP contribution in [0.4, 0.5) is 0 Å². The minimum Gasteiger partial charge on any atom is -0.370 e. The summed E-state index contributed by atoms with van der Waals surface area (Å²) in [7, 11) is 0. The topological polar surface area (TPSA) is 58.6 Å². The highest BCUT2D eigenvalue weighted by Crippen LogP contribution is 2.28. The Bertz CT molecular complexity index is 577. The van der Waals surface area contributed by atoms with Crippen molar-refractivity contribution in [2.75, 3.05) is 19.7 Å². The largest absolute Gasteiger partial charge is 0.370 e. The summed E-state index contributed by atoms with van der Waals surface area (Å²) >= 11 is 6.23. The normalized spacial score (nSPS) is 19.5. The molecule has 1 aromatic rings. The third-order valence-electron chi connectivity index (χ3n) is 3.92. The number of benzene rings is 1. The standard InChI is InChI=1S/C17H23ClN2O3/c1-11(2)16(19-12(3)21)17(22)20-8-9-23-15(10-20)13-6-4-5-7-14(13)18/h4-7,11,15-16H,8-10H2,1-3H3,(H,19,21). The van der Waals surface area contributed by atoms with Gasteiger partial charge in [0.25, 0.3) is 0 Å². The van der Waals surface area contributed by atoms with Crippen LogP contribution in [-0.4, -0.2) is 42.5 Å². The SMILES string of the molecule is CC(=O)NC(C(=O)N1CCOC(c2ccccc2Cl)C1)C(C)C. The van der Waals surface area contributed by atoms with Crippen LogP contribution in [0, 0.1) is 5.92 Å². The average molecular weight is 339 g/mol. The number of halogens is 1. The van der Waals surface area contributed by atoms with Gasteiger partial charge >= 0.3 is 0 Å². The second-order valence-electron chi connectivity index (χ2n) is 6.09. The van der Waals surface area contributed by atoms with E-state index in [1.165, 1.54) is 6.92 Å². The maximum Gasteiger partial charge on any atom is 0.245 e. The number of hydrogen-bond acceptors (Lipinski definition) is 3. The third kappa shape index (κ3) is 4.45. The van der Waals surface area contributed by atoms with Gasteiger partial charge in [-0.2, -0.15) is 0 Å². The summed E-state index contributed by atoms with van der Waals surface area (Å²) in [6.45, 7) is 6.67. The van der Waals surface area contributed by atoms with Crippen molar-refractivity contribution in [2.45, 2.75) is 32.9 Å². The van der Waals surface area contributed by atoms with Crippen LogP contribution < -0.4 is 5.32 Å². The Labute approximate surface area is 141 Å². The summed E-state index contributed by atoms with van der Waals surface area (Å²) < 4.78 is 5.78. The van der Waals surface area contributed by atoms with Gasteiger partial charge in [0.05, 0.1) is 13.2 Å². The van der Waals surface area contributed by atoms with Crippen molar-refractivity contribution in [3.63, 3.8) is 0 Å². The smallest absolute Gasteiger partial charge is 0.245 e. The molecule has 0 aliphatic carbocycles. The lowest BCUT2D eigenvalue weighted by Crippen LogP contribution is -2.53. The fourth-order valence-corrected chi connectivity index (χ4v) is 2.96. The summed E-state index contributed by atoms with van der Waals surface area (Å²) in [5, 5.41) is 3.38. The summed E-state index contributed by atoms with van der Waals surface area (Å²) in [6, 6.07) is 6.98. The van der Waals surface area contributed by atoms with E-state index in [1.807, 2.05) is 38.1 Å². The van der Waals surface area contributed by atoms with Crippen LogP contribution in [0.1, 0.15) is 32.4 Å². The molecule has 1 fully saturated rings. The molecule has 1 heterocycles. The minimum atomic E-state index is -0.516. The van der Waals surface area contributed by atoms with Crippen molar-refractivity contribution in [3.05, 3.63) is 34.9 Å². The number of nitrogens with zero attached hydrogens (tertiary/aromatic N) is 1.